The lowest BCUT2D eigenvalue weighted by Crippen LogP contribution is -2.29. The first kappa shape index (κ1) is 12.6. The highest BCUT2D eigenvalue weighted by molar-refractivity contribution is 6.30. The fraction of sp³-hybridized carbons (Fsp3) is 0.167. The summed E-state index contributed by atoms with van der Waals surface area (Å²) in [7, 11) is 0. The third-order valence-electron chi connectivity index (χ3n) is 2.37. The number of halogens is 1. The van der Waals surface area contributed by atoms with Crippen LogP contribution in [0.2, 0.25) is 5.02 Å². The Kier molecular flexibility index (Phi) is 3.96. The molecule has 18 heavy (non-hydrogen) atoms. The summed E-state index contributed by atoms with van der Waals surface area (Å²) < 4.78 is 4.86. The van der Waals surface area contributed by atoms with E-state index < -0.39 is 0 Å². The molecule has 0 atom stereocenters. The van der Waals surface area contributed by atoms with Crippen molar-refractivity contribution in [3.63, 3.8) is 0 Å². The van der Waals surface area contributed by atoms with Gasteiger partial charge in [0.05, 0.1) is 5.56 Å². The van der Waals surface area contributed by atoms with E-state index in [1.165, 1.54) is 6.26 Å². The van der Waals surface area contributed by atoms with E-state index in [9.17, 15) is 4.79 Å². The zero-order valence-corrected chi connectivity index (χ0v) is 10.3. The number of carbonyl (C=O) groups is 1. The molecule has 0 unspecified atom stereocenters. The van der Waals surface area contributed by atoms with Crippen molar-refractivity contribution in [1.82, 2.24) is 10.5 Å². The van der Waals surface area contributed by atoms with Gasteiger partial charge in [0.15, 0.2) is 5.69 Å². The van der Waals surface area contributed by atoms with E-state index in [2.05, 4.69) is 10.5 Å². The van der Waals surface area contributed by atoms with Gasteiger partial charge < -0.3 is 15.6 Å². The maximum absolute atomic E-state index is 11.8. The van der Waals surface area contributed by atoms with Crippen LogP contribution in [0.15, 0.2) is 35.1 Å². The maximum Gasteiger partial charge on any atom is 0.274 e. The molecule has 2 aromatic rings. The SMILES string of the molecule is NCCNC(=O)c1nocc1-c1ccc(Cl)cc1. The first-order chi connectivity index (χ1) is 8.72. The Balaban J connectivity index is 2.27. The molecule has 1 amide bonds. The Morgan fingerprint density at radius 3 is 2.78 bits per heavy atom. The number of benzene rings is 1. The zero-order valence-electron chi connectivity index (χ0n) is 9.52. The van der Waals surface area contributed by atoms with Crippen molar-refractivity contribution < 1.29 is 9.32 Å². The van der Waals surface area contributed by atoms with Crippen LogP contribution < -0.4 is 11.1 Å². The lowest BCUT2D eigenvalue weighted by atomic mass is 10.1. The second kappa shape index (κ2) is 5.66. The van der Waals surface area contributed by atoms with E-state index in [4.69, 9.17) is 21.9 Å². The van der Waals surface area contributed by atoms with Gasteiger partial charge >= 0.3 is 0 Å². The largest absolute Gasteiger partial charge is 0.363 e. The minimum Gasteiger partial charge on any atom is -0.363 e. The van der Waals surface area contributed by atoms with Gasteiger partial charge in [-0.25, -0.2) is 0 Å². The number of rotatable bonds is 4. The molecule has 1 aromatic carbocycles. The van der Waals surface area contributed by atoms with Gasteiger partial charge in [0.2, 0.25) is 0 Å². The zero-order chi connectivity index (χ0) is 13.0. The van der Waals surface area contributed by atoms with Crippen molar-refractivity contribution in [3.05, 3.63) is 41.2 Å². The molecule has 6 heteroatoms. The molecule has 94 valence electrons. The number of carbonyl (C=O) groups excluding carboxylic acids is 1. The predicted octanol–water partition coefficient (Wildman–Crippen LogP) is 1.68. The second-order valence-electron chi connectivity index (χ2n) is 3.63. The number of hydrogen-bond acceptors (Lipinski definition) is 4. The van der Waals surface area contributed by atoms with Crippen LogP contribution in [0.1, 0.15) is 10.5 Å². The Morgan fingerprint density at radius 2 is 2.11 bits per heavy atom. The standard InChI is InChI=1S/C12H12ClN3O2/c13-9-3-1-8(2-4-9)10-7-18-16-11(10)12(17)15-6-5-14/h1-4,7H,5-6,14H2,(H,15,17). The van der Waals surface area contributed by atoms with E-state index in [0.717, 1.165) is 5.56 Å². The van der Waals surface area contributed by atoms with E-state index in [0.29, 0.717) is 23.7 Å². The Bertz CT molecular complexity index is 537. The van der Waals surface area contributed by atoms with Crippen LogP contribution in [0, 0.1) is 0 Å². The van der Waals surface area contributed by atoms with Crippen LogP contribution in [-0.4, -0.2) is 24.2 Å². The monoisotopic (exact) mass is 265 g/mol. The molecule has 2 rings (SSSR count). The van der Waals surface area contributed by atoms with Gasteiger partial charge in [-0.2, -0.15) is 0 Å². The lowest BCUT2D eigenvalue weighted by Gasteiger charge is -2.02. The fourth-order valence-electron chi connectivity index (χ4n) is 1.50. The van der Waals surface area contributed by atoms with Gasteiger partial charge in [-0.1, -0.05) is 28.9 Å². The summed E-state index contributed by atoms with van der Waals surface area (Å²) in [6.07, 6.45) is 1.43. The number of amides is 1. The molecule has 0 saturated heterocycles. The summed E-state index contributed by atoms with van der Waals surface area (Å²) in [6.45, 7) is 0.769. The summed E-state index contributed by atoms with van der Waals surface area (Å²) in [5, 5.41) is 6.98. The van der Waals surface area contributed by atoms with Gasteiger partial charge in [0, 0.05) is 18.1 Å². The second-order valence-corrected chi connectivity index (χ2v) is 4.06. The number of hydrogen-bond donors (Lipinski definition) is 2. The quantitative estimate of drug-likeness (QED) is 0.881. The Morgan fingerprint density at radius 1 is 1.39 bits per heavy atom. The van der Waals surface area contributed by atoms with E-state index in [-0.39, 0.29) is 11.6 Å². The van der Waals surface area contributed by atoms with Crippen LogP contribution >= 0.6 is 11.6 Å². The van der Waals surface area contributed by atoms with Crippen molar-refractivity contribution in [3.8, 4) is 11.1 Å². The molecule has 0 fully saturated rings. The highest BCUT2D eigenvalue weighted by atomic mass is 35.5. The molecular formula is C12H12ClN3O2. The first-order valence-corrected chi connectivity index (χ1v) is 5.78. The van der Waals surface area contributed by atoms with Crippen molar-refractivity contribution >= 4 is 17.5 Å². The molecule has 0 aliphatic heterocycles. The molecule has 0 aliphatic rings. The maximum atomic E-state index is 11.8. The molecule has 0 spiro atoms. The van der Waals surface area contributed by atoms with Crippen molar-refractivity contribution in [2.45, 2.75) is 0 Å². The van der Waals surface area contributed by atoms with Crippen LogP contribution in [0.4, 0.5) is 0 Å². The van der Waals surface area contributed by atoms with Crippen molar-refractivity contribution in [1.29, 1.82) is 0 Å². The summed E-state index contributed by atoms with van der Waals surface area (Å²) in [6, 6.07) is 7.08. The van der Waals surface area contributed by atoms with E-state index >= 15 is 0 Å². The summed E-state index contributed by atoms with van der Waals surface area (Å²) in [4.78, 5) is 11.8. The average Bonchev–Trinajstić information content (AvgIpc) is 2.86. The van der Waals surface area contributed by atoms with E-state index in [1.54, 1.807) is 24.3 Å². The molecule has 3 N–H and O–H groups in total. The lowest BCUT2D eigenvalue weighted by molar-refractivity contribution is 0.0946. The van der Waals surface area contributed by atoms with Crippen LogP contribution in [-0.2, 0) is 0 Å². The van der Waals surface area contributed by atoms with Gasteiger partial charge in [-0.3, -0.25) is 4.79 Å². The highest BCUT2D eigenvalue weighted by Crippen LogP contribution is 2.24. The number of aromatic nitrogens is 1. The summed E-state index contributed by atoms with van der Waals surface area (Å²) in [5.74, 6) is -0.306. The topological polar surface area (TPSA) is 81.1 Å². The van der Waals surface area contributed by atoms with Gasteiger partial charge in [-0.05, 0) is 17.7 Å². The number of nitrogens with one attached hydrogen (secondary N) is 1. The summed E-state index contributed by atoms with van der Waals surface area (Å²) in [5.41, 5.74) is 7.01. The predicted molar refractivity (Wildman–Crippen MR) is 68.3 cm³/mol. The first-order valence-electron chi connectivity index (χ1n) is 5.41. The normalized spacial score (nSPS) is 10.3. The third kappa shape index (κ3) is 2.69. The number of nitrogens with zero attached hydrogens (tertiary/aromatic N) is 1. The molecule has 0 saturated carbocycles. The fourth-order valence-corrected chi connectivity index (χ4v) is 1.63. The Hall–Kier alpha value is -1.85. The smallest absolute Gasteiger partial charge is 0.274 e. The van der Waals surface area contributed by atoms with Gasteiger partial charge in [-0.15, -0.1) is 0 Å². The molecule has 1 aromatic heterocycles. The Labute approximate surface area is 109 Å². The highest BCUT2D eigenvalue weighted by Gasteiger charge is 2.17. The van der Waals surface area contributed by atoms with Crippen molar-refractivity contribution in [2.24, 2.45) is 5.73 Å². The van der Waals surface area contributed by atoms with Gasteiger partial charge in [0.25, 0.3) is 5.91 Å². The average molecular weight is 266 g/mol. The molecule has 5 nitrogen and oxygen atoms in total. The van der Waals surface area contributed by atoms with Crippen LogP contribution in [0.3, 0.4) is 0 Å². The minimum atomic E-state index is -0.306. The molecule has 0 aliphatic carbocycles. The van der Waals surface area contributed by atoms with Crippen LogP contribution in [0.5, 0.6) is 0 Å². The summed E-state index contributed by atoms with van der Waals surface area (Å²) >= 11 is 5.81. The third-order valence-corrected chi connectivity index (χ3v) is 2.62. The molecule has 1 heterocycles. The molecule has 0 radical (unpaired) electrons. The van der Waals surface area contributed by atoms with Crippen LogP contribution in [0.25, 0.3) is 11.1 Å². The van der Waals surface area contributed by atoms with Crippen molar-refractivity contribution in [2.75, 3.05) is 13.1 Å². The minimum absolute atomic E-state index is 0.241. The van der Waals surface area contributed by atoms with Gasteiger partial charge in [0.1, 0.15) is 6.26 Å². The molecule has 0 bridgehead atoms. The van der Waals surface area contributed by atoms with E-state index in [1.807, 2.05) is 0 Å². The number of nitrogens with two attached hydrogens (primary N) is 1. The molecular weight excluding hydrogens is 254 g/mol.